The molecule has 0 fully saturated rings. The fourth-order valence-corrected chi connectivity index (χ4v) is 1.90. The Bertz CT molecular complexity index is 615. The second-order valence-electron chi connectivity index (χ2n) is 4.43. The zero-order valence-electron chi connectivity index (χ0n) is 11.2. The highest BCUT2D eigenvalue weighted by molar-refractivity contribution is 6.30. The van der Waals surface area contributed by atoms with Crippen molar-refractivity contribution in [2.45, 2.75) is 13.5 Å². The molecule has 0 spiro atoms. The van der Waals surface area contributed by atoms with E-state index in [4.69, 9.17) is 16.3 Å². The summed E-state index contributed by atoms with van der Waals surface area (Å²) < 4.78 is 5.68. The number of ketones is 1. The maximum atomic E-state index is 10.8. The highest BCUT2D eigenvalue weighted by atomic mass is 35.5. The number of allylic oxidation sites excluding steroid dienone is 1. The predicted molar refractivity (Wildman–Crippen MR) is 81.9 cm³/mol. The summed E-state index contributed by atoms with van der Waals surface area (Å²) in [6.07, 6.45) is 3.32. The van der Waals surface area contributed by atoms with Crippen LogP contribution in [-0.2, 0) is 11.4 Å². The summed E-state index contributed by atoms with van der Waals surface area (Å²) in [5.74, 6) is 0.816. The van der Waals surface area contributed by atoms with Gasteiger partial charge in [-0.05, 0) is 48.4 Å². The number of hydrogen-bond acceptors (Lipinski definition) is 2. The molecule has 0 aliphatic heterocycles. The van der Waals surface area contributed by atoms with Gasteiger partial charge in [0.05, 0.1) is 0 Å². The number of ether oxygens (including phenoxy) is 1. The highest BCUT2D eigenvalue weighted by Gasteiger charge is 1.97. The Hall–Kier alpha value is -2.06. The van der Waals surface area contributed by atoms with E-state index in [1.54, 1.807) is 12.2 Å². The van der Waals surface area contributed by atoms with Crippen LogP contribution in [0.3, 0.4) is 0 Å². The molecule has 20 heavy (non-hydrogen) atoms. The van der Waals surface area contributed by atoms with Crippen LogP contribution in [-0.4, -0.2) is 5.78 Å². The molecule has 0 N–H and O–H groups in total. The first-order valence-corrected chi connectivity index (χ1v) is 6.67. The third kappa shape index (κ3) is 4.56. The molecule has 3 heteroatoms. The van der Waals surface area contributed by atoms with E-state index in [9.17, 15) is 4.79 Å². The van der Waals surface area contributed by atoms with E-state index in [0.29, 0.717) is 11.6 Å². The van der Waals surface area contributed by atoms with Gasteiger partial charge in [0.15, 0.2) is 5.78 Å². The zero-order chi connectivity index (χ0) is 14.4. The van der Waals surface area contributed by atoms with Crippen molar-refractivity contribution in [2.24, 2.45) is 0 Å². The average Bonchev–Trinajstić information content (AvgIpc) is 2.44. The lowest BCUT2D eigenvalue weighted by molar-refractivity contribution is -0.112. The van der Waals surface area contributed by atoms with Gasteiger partial charge < -0.3 is 4.74 Å². The van der Waals surface area contributed by atoms with Gasteiger partial charge in [-0.25, -0.2) is 0 Å². The van der Waals surface area contributed by atoms with Crippen LogP contribution in [0.2, 0.25) is 5.02 Å². The number of rotatable bonds is 5. The van der Waals surface area contributed by atoms with E-state index >= 15 is 0 Å². The molecule has 0 radical (unpaired) electrons. The Morgan fingerprint density at radius 1 is 1.20 bits per heavy atom. The summed E-state index contributed by atoms with van der Waals surface area (Å²) in [4.78, 5) is 10.8. The van der Waals surface area contributed by atoms with Crippen LogP contribution in [0.4, 0.5) is 0 Å². The largest absolute Gasteiger partial charge is 0.489 e. The Labute approximate surface area is 123 Å². The molecule has 0 amide bonds. The van der Waals surface area contributed by atoms with Crippen molar-refractivity contribution in [1.82, 2.24) is 0 Å². The van der Waals surface area contributed by atoms with Gasteiger partial charge in [0.25, 0.3) is 0 Å². The maximum Gasteiger partial charge on any atom is 0.152 e. The summed E-state index contributed by atoms with van der Waals surface area (Å²) in [5.41, 5.74) is 1.99. The first-order valence-electron chi connectivity index (χ1n) is 6.29. The molecule has 0 heterocycles. The van der Waals surface area contributed by atoms with Gasteiger partial charge in [-0.3, -0.25) is 4.79 Å². The molecule has 0 unspecified atom stereocenters. The van der Waals surface area contributed by atoms with E-state index in [1.807, 2.05) is 48.5 Å². The predicted octanol–water partition coefficient (Wildman–Crippen LogP) is 4.52. The summed E-state index contributed by atoms with van der Waals surface area (Å²) in [7, 11) is 0. The van der Waals surface area contributed by atoms with Gasteiger partial charge >= 0.3 is 0 Å². The highest BCUT2D eigenvalue weighted by Crippen LogP contribution is 2.16. The van der Waals surface area contributed by atoms with E-state index in [-0.39, 0.29) is 5.78 Å². The molecule has 2 aromatic carbocycles. The normalized spacial score (nSPS) is 10.7. The van der Waals surface area contributed by atoms with Crippen LogP contribution in [0.25, 0.3) is 6.08 Å². The number of carbonyl (C=O) groups is 1. The number of benzene rings is 2. The number of hydrogen-bond donors (Lipinski definition) is 0. The summed E-state index contributed by atoms with van der Waals surface area (Å²) in [6.45, 7) is 2.00. The third-order valence-electron chi connectivity index (χ3n) is 2.69. The van der Waals surface area contributed by atoms with Crippen molar-refractivity contribution >= 4 is 23.5 Å². The lowest BCUT2D eigenvalue weighted by atomic mass is 10.2. The molecule has 2 aromatic rings. The second kappa shape index (κ2) is 6.92. The molecule has 2 rings (SSSR count). The standard InChI is InChI=1S/C17H15ClO2/c1-13(19)5-6-14-7-9-17(10-8-14)20-12-15-3-2-4-16(18)11-15/h2-11H,12H2,1H3/b6-5+. The molecule has 0 saturated carbocycles. The Morgan fingerprint density at radius 3 is 2.60 bits per heavy atom. The van der Waals surface area contributed by atoms with Crippen molar-refractivity contribution in [2.75, 3.05) is 0 Å². The van der Waals surface area contributed by atoms with E-state index < -0.39 is 0 Å². The minimum Gasteiger partial charge on any atom is -0.489 e. The molecular weight excluding hydrogens is 272 g/mol. The Morgan fingerprint density at radius 2 is 1.95 bits per heavy atom. The fraction of sp³-hybridized carbons (Fsp3) is 0.118. The lowest BCUT2D eigenvalue weighted by Gasteiger charge is -2.06. The van der Waals surface area contributed by atoms with Gasteiger partial charge in [-0.2, -0.15) is 0 Å². The lowest BCUT2D eigenvalue weighted by Crippen LogP contribution is -1.95. The second-order valence-corrected chi connectivity index (χ2v) is 4.87. The monoisotopic (exact) mass is 286 g/mol. The molecule has 0 aliphatic rings. The first kappa shape index (κ1) is 14.4. The van der Waals surface area contributed by atoms with Gasteiger partial charge in [0, 0.05) is 5.02 Å². The third-order valence-corrected chi connectivity index (χ3v) is 2.92. The topological polar surface area (TPSA) is 26.3 Å². The van der Waals surface area contributed by atoms with Gasteiger partial charge in [-0.15, -0.1) is 0 Å². The number of halogens is 1. The molecular formula is C17H15ClO2. The zero-order valence-corrected chi connectivity index (χ0v) is 11.9. The molecule has 0 aliphatic carbocycles. The van der Waals surface area contributed by atoms with E-state index in [2.05, 4.69) is 0 Å². The Kier molecular flexibility index (Phi) is 4.97. The van der Waals surface area contributed by atoms with Crippen molar-refractivity contribution < 1.29 is 9.53 Å². The van der Waals surface area contributed by atoms with Crippen molar-refractivity contribution in [3.63, 3.8) is 0 Å². The minimum atomic E-state index is 0.0336. The summed E-state index contributed by atoms with van der Waals surface area (Å²) in [5, 5.41) is 0.704. The summed E-state index contributed by atoms with van der Waals surface area (Å²) >= 11 is 5.92. The number of carbonyl (C=O) groups excluding carboxylic acids is 1. The van der Waals surface area contributed by atoms with Crippen LogP contribution in [0.1, 0.15) is 18.1 Å². The molecule has 0 bridgehead atoms. The molecule has 0 atom stereocenters. The van der Waals surface area contributed by atoms with Crippen molar-refractivity contribution in [3.8, 4) is 5.75 Å². The van der Waals surface area contributed by atoms with E-state index in [1.165, 1.54) is 6.92 Å². The van der Waals surface area contributed by atoms with Crippen LogP contribution >= 0.6 is 11.6 Å². The molecule has 0 aromatic heterocycles. The van der Waals surface area contributed by atoms with Gasteiger partial charge in [0.2, 0.25) is 0 Å². The molecule has 2 nitrogen and oxygen atoms in total. The first-order chi connectivity index (χ1) is 9.63. The van der Waals surface area contributed by atoms with Crippen LogP contribution < -0.4 is 4.74 Å². The fourth-order valence-electron chi connectivity index (χ4n) is 1.68. The van der Waals surface area contributed by atoms with Gasteiger partial charge in [-0.1, -0.05) is 41.9 Å². The smallest absolute Gasteiger partial charge is 0.152 e. The van der Waals surface area contributed by atoms with Crippen molar-refractivity contribution in [3.05, 3.63) is 70.8 Å². The van der Waals surface area contributed by atoms with Gasteiger partial charge in [0.1, 0.15) is 12.4 Å². The van der Waals surface area contributed by atoms with Crippen molar-refractivity contribution in [1.29, 1.82) is 0 Å². The summed E-state index contributed by atoms with van der Waals surface area (Å²) in [6, 6.07) is 15.2. The SMILES string of the molecule is CC(=O)/C=C/c1ccc(OCc2cccc(Cl)c2)cc1. The minimum absolute atomic E-state index is 0.0336. The molecule has 102 valence electrons. The van der Waals surface area contributed by atoms with E-state index in [0.717, 1.165) is 16.9 Å². The Balaban J connectivity index is 1.95. The average molecular weight is 287 g/mol. The van der Waals surface area contributed by atoms with Crippen LogP contribution in [0, 0.1) is 0 Å². The maximum absolute atomic E-state index is 10.8. The van der Waals surface area contributed by atoms with Crippen LogP contribution in [0.15, 0.2) is 54.6 Å². The van der Waals surface area contributed by atoms with Crippen LogP contribution in [0.5, 0.6) is 5.75 Å². The quantitative estimate of drug-likeness (QED) is 0.755. The molecule has 0 saturated heterocycles.